The van der Waals surface area contributed by atoms with Crippen LogP contribution in [0.4, 0.5) is 10.1 Å². The van der Waals surface area contributed by atoms with Gasteiger partial charge in [0.1, 0.15) is 5.82 Å². The van der Waals surface area contributed by atoms with Crippen LogP contribution in [0.3, 0.4) is 0 Å². The van der Waals surface area contributed by atoms with Crippen molar-refractivity contribution in [1.82, 2.24) is 4.98 Å². The van der Waals surface area contributed by atoms with Crippen molar-refractivity contribution in [3.8, 4) is 0 Å². The van der Waals surface area contributed by atoms with E-state index < -0.39 is 17.7 Å². The largest absolute Gasteiger partial charge is 0.481 e. The average Bonchev–Trinajstić information content (AvgIpc) is 2.43. The Hall–Kier alpha value is -2.28. The molecule has 0 aliphatic carbocycles. The second kappa shape index (κ2) is 6.45. The number of rotatable bonds is 4. The number of nitrogens with zero attached hydrogens (tertiary/aromatic N) is 1. The summed E-state index contributed by atoms with van der Waals surface area (Å²) in [7, 11) is 0. The second-order valence-corrected chi connectivity index (χ2v) is 5.05. The third-order valence-corrected chi connectivity index (χ3v) is 3.24. The Kier molecular flexibility index (Phi) is 4.64. The summed E-state index contributed by atoms with van der Waals surface area (Å²) in [5.74, 6) is -1.99. The highest BCUT2D eigenvalue weighted by Gasteiger charge is 2.09. The molecule has 2 N–H and O–H groups in total. The molecular formula is C14H10BrFN2O3. The van der Waals surface area contributed by atoms with E-state index in [1.807, 2.05) is 0 Å². The predicted octanol–water partition coefficient (Wildman–Crippen LogP) is 2.86. The SMILES string of the molecule is O=C(O)Cc1ccc(NC(=O)c2ccc(Br)c(F)c2)cn1. The van der Waals surface area contributed by atoms with Crippen molar-refractivity contribution >= 4 is 33.5 Å². The summed E-state index contributed by atoms with van der Waals surface area (Å²) in [6, 6.07) is 7.09. The number of aliphatic carboxylic acids is 1. The number of nitrogens with one attached hydrogen (secondary N) is 1. The highest BCUT2D eigenvalue weighted by molar-refractivity contribution is 9.10. The molecule has 21 heavy (non-hydrogen) atoms. The van der Waals surface area contributed by atoms with Crippen molar-refractivity contribution in [2.75, 3.05) is 5.32 Å². The van der Waals surface area contributed by atoms with Crippen molar-refractivity contribution in [1.29, 1.82) is 0 Å². The normalized spacial score (nSPS) is 10.2. The van der Waals surface area contributed by atoms with Crippen molar-refractivity contribution in [3.05, 3.63) is 58.1 Å². The lowest BCUT2D eigenvalue weighted by Gasteiger charge is -2.06. The lowest BCUT2D eigenvalue weighted by molar-refractivity contribution is -0.136. The van der Waals surface area contributed by atoms with Gasteiger partial charge in [-0.3, -0.25) is 14.6 Å². The molecule has 108 valence electrons. The topological polar surface area (TPSA) is 79.3 Å². The van der Waals surface area contributed by atoms with Gasteiger partial charge in [0.2, 0.25) is 0 Å². The molecule has 1 aromatic carbocycles. The molecule has 0 saturated heterocycles. The number of carbonyl (C=O) groups excluding carboxylic acids is 1. The second-order valence-electron chi connectivity index (χ2n) is 4.19. The number of carbonyl (C=O) groups is 2. The quantitative estimate of drug-likeness (QED) is 0.886. The third kappa shape index (κ3) is 4.09. The highest BCUT2D eigenvalue weighted by Crippen LogP contribution is 2.17. The molecule has 0 aliphatic rings. The molecule has 0 aliphatic heterocycles. The summed E-state index contributed by atoms with van der Waals surface area (Å²) in [5.41, 5.74) is 0.956. The molecule has 5 nitrogen and oxygen atoms in total. The van der Waals surface area contributed by atoms with Gasteiger partial charge in [-0.15, -0.1) is 0 Å². The molecular weight excluding hydrogens is 343 g/mol. The zero-order valence-corrected chi connectivity index (χ0v) is 12.2. The summed E-state index contributed by atoms with van der Waals surface area (Å²) in [6.07, 6.45) is 1.16. The van der Waals surface area contributed by atoms with Gasteiger partial charge in [0.15, 0.2) is 0 Å². The van der Waals surface area contributed by atoms with Crippen LogP contribution in [0.5, 0.6) is 0 Å². The first-order valence-electron chi connectivity index (χ1n) is 5.89. The summed E-state index contributed by atoms with van der Waals surface area (Å²) < 4.78 is 13.6. The average molecular weight is 353 g/mol. The van der Waals surface area contributed by atoms with Gasteiger partial charge in [-0.05, 0) is 46.3 Å². The van der Waals surface area contributed by atoms with Crippen LogP contribution < -0.4 is 5.32 Å². The molecule has 2 rings (SSSR count). The maximum absolute atomic E-state index is 13.4. The maximum atomic E-state index is 13.4. The van der Waals surface area contributed by atoms with E-state index in [4.69, 9.17) is 5.11 Å². The van der Waals surface area contributed by atoms with Crippen LogP contribution in [0.1, 0.15) is 16.1 Å². The summed E-state index contributed by atoms with van der Waals surface area (Å²) in [6.45, 7) is 0. The fourth-order valence-corrected chi connectivity index (χ4v) is 1.85. The number of aromatic nitrogens is 1. The van der Waals surface area contributed by atoms with Crippen LogP contribution in [0, 0.1) is 5.82 Å². The molecule has 0 saturated carbocycles. The fraction of sp³-hybridized carbons (Fsp3) is 0.0714. The van der Waals surface area contributed by atoms with Crippen LogP contribution in [0.2, 0.25) is 0 Å². The first-order valence-corrected chi connectivity index (χ1v) is 6.68. The molecule has 7 heteroatoms. The standard InChI is InChI=1S/C14H10BrFN2O3/c15-11-4-1-8(5-12(11)16)14(21)18-10-3-2-9(17-7-10)6-13(19)20/h1-5,7H,6H2,(H,18,21)(H,19,20). The van der Waals surface area contributed by atoms with Gasteiger partial charge in [-0.2, -0.15) is 0 Å². The first kappa shape index (κ1) is 15.1. The van der Waals surface area contributed by atoms with E-state index in [1.54, 1.807) is 6.07 Å². The van der Waals surface area contributed by atoms with Gasteiger partial charge in [-0.25, -0.2) is 4.39 Å². The van der Waals surface area contributed by atoms with E-state index in [-0.39, 0.29) is 16.5 Å². The van der Waals surface area contributed by atoms with Gasteiger partial charge in [0, 0.05) is 5.56 Å². The van der Waals surface area contributed by atoms with Crippen LogP contribution in [-0.2, 0) is 11.2 Å². The lowest BCUT2D eigenvalue weighted by atomic mass is 10.2. The van der Waals surface area contributed by atoms with E-state index in [0.29, 0.717) is 11.4 Å². The maximum Gasteiger partial charge on any atom is 0.309 e. The summed E-state index contributed by atoms with van der Waals surface area (Å²) in [5, 5.41) is 11.2. The smallest absolute Gasteiger partial charge is 0.309 e. The summed E-state index contributed by atoms with van der Waals surface area (Å²) >= 11 is 3.01. The van der Waals surface area contributed by atoms with Gasteiger partial charge in [0.25, 0.3) is 5.91 Å². The molecule has 1 aromatic heterocycles. The number of pyridine rings is 1. The Balaban J connectivity index is 2.08. The third-order valence-electron chi connectivity index (χ3n) is 2.60. The Morgan fingerprint density at radius 2 is 2.05 bits per heavy atom. The molecule has 2 aromatic rings. The Morgan fingerprint density at radius 1 is 1.29 bits per heavy atom. The van der Waals surface area contributed by atoms with Crippen LogP contribution in [0.15, 0.2) is 41.0 Å². The molecule has 0 spiro atoms. The number of hydrogen-bond donors (Lipinski definition) is 2. The lowest BCUT2D eigenvalue weighted by Crippen LogP contribution is -2.12. The number of amides is 1. The van der Waals surface area contributed by atoms with Crippen LogP contribution in [-0.4, -0.2) is 22.0 Å². The number of carboxylic acids is 1. The highest BCUT2D eigenvalue weighted by atomic mass is 79.9. The Morgan fingerprint density at radius 3 is 2.62 bits per heavy atom. The monoisotopic (exact) mass is 352 g/mol. The fourth-order valence-electron chi connectivity index (χ4n) is 1.60. The zero-order chi connectivity index (χ0) is 15.4. The van der Waals surface area contributed by atoms with Gasteiger partial charge in [0.05, 0.1) is 28.5 Å². The van der Waals surface area contributed by atoms with Gasteiger partial charge < -0.3 is 10.4 Å². The van der Waals surface area contributed by atoms with Gasteiger partial charge >= 0.3 is 5.97 Å². The summed E-state index contributed by atoms with van der Waals surface area (Å²) in [4.78, 5) is 26.4. The number of halogens is 2. The van der Waals surface area contributed by atoms with E-state index in [9.17, 15) is 14.0 Å². The Bertz CT molecular complexity index is 689. The predicted molar refractivity (Wildman–Crippen MR) is 77.6 cm³/mol. The van der Waals surface area contributed by atoms with Crippen molar-refractivity contribution in [2.24, 2.45) is 0 Å². The van der Waals surface area contributed by atoms with Crippen LogP contribution >= 0.6 is 15.9 Å². The van der Waals surface area contributed by atoms with Crippen molar-refractivity contribution < 1.29 is 19.1 Å². The van der Waals surface area contributed by atoms with Crippen LogP contribution in [0.25, 0.3) is 0 Å². The molecule has 0 atom stereocenters. The Labute approximate surface area is 128 Å². The van der Waals surface area contributed by atoms with Crippen molar-refractivity contribution in [2.45, 2.75) is 6.42 Å². The minimum absolute atomic E-state index is 0.172. The molecule has 0 radical (unpaired) electrons. The van der Waals surface area contributed by atoms with E-state index in [1.165, 1.54) is 24.4 Å². The zero-order valence-electron chi connectivity index (χ0n) is 10.6. The molecule has 0 bridgehead atoms. The van der Waals surface area contributed by atoms with E-state index in [0.717, 1.165) is 6.07 Å². The molecule has 1 amide bonds. The molecule has 0 fully saturated rings. The molecule has 1 heterocycles. The van der Waals surface area contributed by atoms with E-state index >= 15 is 0 Å². The van der Waals surface area contributed by atoms with E-state index in [2.05, 4.69) is 26.2 Å². The number of anilines is 1. The minimum atomic E-state index is -0.982. The molecule has 0 unspecified atom stereocenters. The minimum Gasteiger partial charge on any atom is -0.481 e. The first-order chi connectivity index (χ1) is 9.95. The van der Waals surface area contributed by atoms with Gasteiger partial charge in [-0.1, -0.05) is 0 Å². The van der Waals surface area contributed by atoms with Crippen molar-refractivity contribution in [3.63, 3.8) is 0 Å². The number of carboxylic acid groups (broad SMARTS) is 1. The number of hydrogen-bond acceptors (Lipinski definition) is 3. The number of benzene rings is 1.